The summed E-state index contributed by atoms with van der Waals surface area (Å²) in [5, 5.41) is 8.83. The smallest absolute Gasteiger partial charge is 0.259 e. The van der Waals surface area contributed by atoms with Gasteiger partial charge in [0, 0.05) is 56.9 Å². The molecule has 0 aliphatic carbocycles. The fourth-order valence-electron chi connectivity index (χ4n) is 4.11. The lowest BCUT2D eigenvalue weighted by molar-refractivity contribution is 0.103. The second-order valence-electron chi connectivity index (χ2n) is 7.88. The zero-order valence-corrected chi connectivity index (χ0v) is 17.3. The first-order chi connectivity index (χ1) is 14.1. The molecule has 0 atom stereocenters. The van der Waals surface area contributed by atoms with Crippen LogP contribution in [0.2, 0.25) is 0 Å². The summed E-state index contributed by atoms with van der Waals surface area (Å²) in [4.78, 5) is 11.4. The van der Waals surface area contributed by atoms with Gasteiger partial charge in [0.1, 0.15) is 0 Å². The summed E-state index contributed by atoms with van der Waals surface area (Å²) >= 11 is 0. The molecule has 0 bridgehead atoms. The van der Waals surface area contributed by atoms with Crippen LogP contribution >= 0.6 is 0 Å². The molecule has 4 heterocycles. The van der Waals surface area contributed by atoms with E-state index in [1.54, 1.807) is 19.5 Å². The molecule has 29 heavy (non-hydrogen) atoms. The lowest BCUT2D eigenvalue weighted by Gasteiger charge is -2.39. The van der Waals surface area contributed by atoms with E-state index in [0.29, 0.717) is 12.5 Å². The third-order valence-corrected chi connectivity index (χ3v) is 5.92. The van der Waals surface area contributed by atoms with Crippen molar-refractivity contribution in [3.8, 4) is 11.5 Å². The minimum Gasteiger partial charge on any atom is -0.385 e. The van der Waals surface area contributed by atoms with Gasteiger partial charge in [0.25, 0.3) is 5.89 Å². The molecule has 0 radical (unpaired) electrons. The number of nitrogens with zero attached hydrogens (tertiary/aromatic N) is 6. The Kier molecular flexibility index (Phi) is 5.73. The number of aromatic nitrogens is 5. The van der Waals surface area contributed by atoms with Crippen molar-refractivity contribution in [1.29, 1.82) is 0 Å². The lowest BCUT2D eigenvalue weighted by Crippen LogP contribution is -2.43. The van der Waals surface area contributed by atoms with Gasteiger partial charge < -0.3 is 9.26 Å². The average Bonchev–Trinajstić information content (AvgIpc) is 3.35. The molecule has 1 fully saturated rings. The highest BCUT2D eigenvalue weighted by Gasteiger charge is 2.40. The van der Waals surface area contributed by atoms with Gasteiger partial charge in [0.2, 0.25) is 0 Å². The second-order valence-corrected chi connectivity index (χ2v) is 7.88. The van der Waals surface area contributed by atoms with Crippen LogP contribution in [0.25, 0.3) is 11.5 Å². The molecule has 0 aromatic carbocycles. The predicted octanol–water partition coefficient (Wildman–Crippen LogP) is 2.74. The Hall–Kier alpha value is -2.58. The summed E-state index contributed by atoms with van der Waals surface area (Å²) in [5.41, 5.74) is 3.11. The van der Waals surface area contributed by atoms with Crippen molar-refractivity contribution < 1.29 is 9.26 Å². The van der Waals surface area contributed by atoms with E-state index in [2.05, 4.69) is 33.3 Å². The average molecular weight is 396 g/mol. The van der Waals surface area contributed by atoms with Crippen LogP contribution < -0.4 is 0 Å². The quantitative estimate of drug-likeness (QED) is 0.607. The maximum atomic E-state index is 5.58. The number of methoxy groups -OCH3 is 1. The number of likely N-dealkylation sites (tertiary alicyclic amines) is 1. The third-order valence-electron chi connectivity index (χ3n) is 5.92. The molecule has 0 unspecified atom stereocenters. The number of hydrogen-bond donors (Lipinski definition) is 0. The maximum absolute atomic E-state index is 5.58. The summed E-state index contributed by atoms with van der Waals surface area (Å²) in [6, 6.07) is 3.81. The van der Waals surface area contributed by atoms with Crippen molar-refractivity contribution in [2.45, 2.75) is 38.1 Å². The van der Waals surface area contributed by atoms with Crippen molar-refractivity contribution >= 4 is 0 Å². The Morgan fingerprint density at radius 1 is 1.28 bits per heavy atom. The van der Waals surface area contributed by atoms with E-state index in [1.165, 1.54) is 5.56 Å². The molecule has 8 nitrogen and oxygen atoms in total. The largest absolute Gasteiger partial charge is 0.385 e. The minimum atomic E-state index is -0.125. The summed E-state index contributed by atoms with van der Waals surface area (Å²) in [6.07, 6.45) is 8.43. The van der Waals surface area contributed by atoms with Gasteiger partial charge in [-0.15, -0.1) is 0 Å². The van der Waals surface area contributed by atoms with Crippen LogP contribution in [-0.4, -0.2) is 56.6 Å². The second kappa shape index (κ2) is 8.42. The molecule has 1 saturated heterocycles. The Morgan fingerprint density at radius 2 is 2.10 bits per heavy atom. The van der Waals surface area contributed by atoms with E-state index < -0.39 is 0 Å². The van der Waals surface area contributed by atoms with E-state index in [9.17, 15) is 0 Å². The zero-order chi connectivity index (χ0) is 20.3. The Labute approximate surface area is 170 Å². The van der Waals surface area contributed by atoms with E-state index in [1.807, 2.05) is 23.9 Å². The molecular weight excluding hydrogens is 368 g/mol. The van der Waals surface area contributed by atoms with Crippen LogP contribution in [0.15, 0.2) is 35.2 Å². The zero-order valence-electron chi connectivity index (χ0n) is 17.3. The normalized spacial score (nSPS) is 16.9. The van der Waals surface area contributed by atoms with Crippen molar-refractivity contribution in [2.75, 3.05) is 26.8 Å². The summed E-state index contributed by atoms with van der Waals surface area (Å²) in [5.74, 6) is 1.31. The highest BCUT2D eigenvalue weighted by Crippen LogP contribution is 2.38. The number of rotatable bonds is 7. The SMILES string of the molecule is COCCC1(c2noc(-c3cccnc3)n2)CCN(Cc2cn(C)nc2C)CC1. The van der Waals surface area contributed by atoms with Crippen molar-refractivity contribution in [3.63, 3.8) is 0 Å². The number of hydrogen-bond acceptors (Lipinski definition) is 7. The molecule has 3 aromatic heterocycles. The summed E-state index contributed by atoms with van der Waals surface area (Å²) in [6.45, 7) is 5.64. The van der Waals surface area contributed by atoms with Crippen LogP contribution in [-0.2, 0) is 23.7 Å². The molecular formula is C21H28N6O2. The summed E-state index contributed by atoms with van der Waals surface area (Å²) < 4.78 is 12.9. The van der Waals surface area contributed by atoms with Gasteiger partial charge in [-0.1, -0.05) is 5.16 Å². The fraction of sp³-hybridized carbons (Fsp3) is 0.524. The van der Waals surface area contributed by atoms with Gasteiger partial charge in [-0.25, -0.2) is 0 Å². The highest BCUT2D eigenvalue weighted by atomic mass is 16.5. The first-order valence-electron chi connectivity index (χ1n) is 10.0. The molecule has 0 amide bonds. The van der Waals surface area contributed by atoms with E-state index >= 15 is 0 Å². The number of pyridine rings is 1. The van der Waals surface area contributed by atoms with Crippen LogP contribution in [0.5, 0.6) is 0 Å². The predicted molar refractivity (Wildman–Crippen MR) is 108 cm³/mol. The lowest BCUT2D eigenvalue weighted by atomic mass is 9.75. The maximum Gasteiger partial charge on any atom is 0.259 e. The highest BCUT2D eigenvalue weighted by molar-refractivity contribution is 5.50. The monoisotopic (exact) mass is 396 g/mol. The fourth-order valence-corrected chi connectivity index (χ4v) is 4.11. The van der Waals surface area contributed by atoms with Crippen LogP contribution in [0.4, 0.5) is 0 Å². The molecule has 0 spiro atoms. The number of piperidine rings is 1. The van der Waals surface area contributed by atoms with Crippen LogP contribution in [0.3, 0.4) is 0 Å². The van der Waals surface area contributed by atoms with E-state index in [-0.39, 0.29) is 5.41 Å². The topological polar surface area (TPSA) is 82.1 Å². The van der Waals surface area contributed by atoms with Crippen LogP contribution in [0.1, 0.15) is 36.3 Å². The third kappa shape index (κ3) is 4.23. The van der Waals surface area contributed by atoms with Crippen molar-refractivity contribution in [2.24, 2.45) is 7.05 Å². The molecule has 1 aliphatic rings. The molecule has 0 saturated carbocycles. The van der Waals surface area contributed by atoms with Crippen molar-refractivity contribution in [3.05, 3.63) is 47.8 Å². The van der Waals surface area contributed by atoms with Gasteiger partial charge in [0.05, 0.1) is 11.3 Å². The van der Waals surface area contributed by atoms with Gasteiger partial charge in [-0.3, -0.25) is 14.6 Å². The molecule has 154 valence electrons. The number of aryl methyl sites for hydroxylation is 2. The van der Waals surface area contributed by atoms with Gasteiger partial charge in [0.15, 0.2) is 5.82 Å². The Bertz CT molecular complexity index is 928. The van der Waals surface area contributed by atoms with Gasteiger partial charge in [-0.2, -0.15) is 10.1 Å². The Morgan fingerprint density at radius 3 is 2.76 bits per heavy atom. The Balaban J connectivity index is 1.50. The van der Waals surface area contributed by atoms with Gasteiger partial charge in [-0.05, 0) is 51.4 Å². The molecule has 0 N–H and O–H groups in total. The van der Waals surface area contributed by atoms with E-state index in [4.69, 9.17) is 14.2 Å². The first kappa shape index (κ1) is 19.7. The molecule has 1 aliphatic heterocycles. The van der Waals surface area contributed by atoms with Gasteiger partial charge >= 0.3 is 0 Å². The number of ether oxygens (including phenoxy) is 1. The molecule has 4 rings (SSSR count). The standard InChI is InChI=1S/C21H28N6O2/c1-16-18(14-26(2)24-16)15-27-10-6-21(7-11-27,8-12-28-3)20-23-19(29-25-20)17-5-4-9-22-13-17/h4-5,9,13-14H,6-8,10-12,15H2,1-3H3. The summed E-state index contributed by atoms with van der Waals surface area (Å²) in [7, 11) is 3.71. The molecule has 3 aromatic rings. The van der Waals surface area contributed by atoms with Crippen LogP contribution in [0, 0.1) is 6.92 Å². The van der Waals surface area contributed by atoms with Crippen molar-refractivity contribution in [1.82, 2.24) is 29.8 Å². The first-order valence-corrected chi connectivity index (χ1v) is 10.0. The molecule has 8 heteroatoms. The minimum absolute atomic E-state index is 0.125. The van der Waals surface area contributed by atoms with E-state index in [0.717, 1.165) is 56.0 Å².